The van der Waals surface area contributed by atoms with Crippen molar-refractivity contribution in [3.05, 3.63) is 56.3 Å². The van der Waals surface area contributed by atoms with E-state index in [-0.39, 0.29) is 22.7 Å². The highest BCUT2D eigenvalue weighted by Crippen LogP contribution is 2.44. The second-order valence-electron chi connectivity index (χ2n) is 11.3. The van der Waals surface area contributed by atoms with Gasteiger partial charge in [-0.05, 0) is 79.7 Å². The third-order valence-electron chi connectivity index (χ3n) is 8.10. The molecule has 0 saturated heterocycles. The largest absolute Gasteiger partial charge is 0.389 e. The number of benzene rings is 1. The van der Waals surface area contributed by atoms with Gasteiger partial charge in [-0.1, -0.05) is 59.7 Å². The van der Waals surface area contributed by atoms with Crippen LogP contribution in [-0.2, 0) is 11.8 Å². The van der Waals surface area contributed by atoms with Crippen LogP contribution in [0, 0.1) is 25.2 Å². The number of hydrogen-bond donors (Lipinski definition) is 1. The van der Waals surface area contributed by atoms with Crippen LogP contribution in [0.25, 0.3) is 0 Å². The molecule has 0 spiro atoms. The third kappa shape index (κ3) is 5.22. The molecule has 1 heterocycles. The molecule has 0 aliphatic heterocycles. The summed E-state index contributed by atoms with van der Waals surface area (Å²) in [5.74, 6) is 0.222. The molecular formula is C29H45NO2S. The Kier molecular flexibility index (Phi) is 8.29. The minimum atomic E-state index is -0.751. The fourth-order valence-corrected chi connectivity index (χ4v) is 6.32. The lowest BCUT2D eigenvalue weighted by atomic mass is 9.68. The van der Waals surface area contributed by atoms with Crippen LogP contribution in [0.1, 0.15) is 98.1 Å². The number of rotatable bonds is 8. The number of carbonyl (C=O) groups excluding carboxylic acids is 1. The van der Waals surface area contributed by atoms with Crippen LogP contribution in [0.2, 0.25) is 0 Å². The van der Waals surface area contributed by atoms with Gasteiger partial charge < -0.3 is 10.0 Å². The van der Waals surface area contributed by atoms with Crippen LogP contribution in [0.4, 0.5) is 0 Å². The number of amides is 1. The monoisotopic (exact) mass is 471 g/mol. The van der Waals surface area contributed by atoms with Crippen molar-refractivity contribution < 1.29 is 9.90 Å². The summed E-state index contributed by atoms with van der Waals surface area (Å²) in [7, 11) is 3.63. The van der Waals surface area contributed by atoms with Crippen LogP contribution in [-0.4, -0.2) is 35.6 Å². The fourth-order valence-electron chi connectivity index (χ4n) is 4.77. The zero-order valence-corrected chi connectivity index (χ0v) is 23.5. The SMILES string of the molecule is CCC(CC)(c1ccc(CC(C)C(C)(O)C(C)(C)C)c(C)c1)c1cc(C)c(C(=O)N(C)C)s1. The number of hydrogen-bond acceptors (Lipinski definition) is 3. The molecule has 1 aromatic heterocycles. The fraction of sp³-hybridized carbons (Fsp3) is 0.621. The van der Waals surface area contributed by atoms with Crippen LogP contribution < -0.4 is 0 Å². The maximum atomic E-state index is 12.7. The molecule has 0 saturated carbocycles. The van der Waals surface area contributed by atoms with Gasteiger partial charge in [0, 0.05) is 24.4 Å². The van der Waals surface area contributed by atoms with E-state index in [4.69, 9.17) is 0 Å². The van der Waals surface area contributed by atoms with Gasteiger partial charge in [0.05, 0.1) is 10.5 Å². The summed E-state index contributed by atoms with van der Waals surface area (Å²) in [6.07, 6.45) is 2.81. The zero-order chi connectivity index (χ0) is 25.4. The van der Waals surface area contributed by atoms with Gasteiger partial charge in [-0.25, -0.2) is 0 Å². The zero-order valence-electron chi connectivity index (χ0n) is 22.7. The molecule has 184 valence electrons. The molecule has 1 N–H and O–H groups in total. The Morgan fingerprint density at radius 3 is 2.06 bits per heavy atom. The van der Waals surface area contributed by atoms with E-state index in [1.807, 2.05) is 27.9 Å². The second kappa shape index (κ2) is 9.92. The van der Waals surface area contributed by atoms with E-state index in [2.05, 4.69) is 72.7 Å². The maximum Gasteiger partial charge on any atom is 0.263 e. The van der Waals surface area contributed by atoms with Crippen molar-refractivity contribution in [1.82, 2.24) is 4.90 Å². The molecule has 33 heavy (non-hydrogen) atoms. The number of aliphatic hydroxyl groups is 1. The number of aryl methyl sites for hydroxylation is 2. The summed E-state index contributed by atoms with van der Waals surface area (Å²) >= 11 is 1.65. The van der Waals surface area contributed by atoms with Gasteiger partial charge in [-0.3, -0.25) is 4.79 Å². The average Bonchev–Trinajstić information content (AvgIpc) is 3.11. The molecule has 4 heteroatoms. The maximum absolute atomic E-state index is 12.7. The van der Waals surface area contributed by atoms with Crippen LogP contribution >= 0.6 is 11.3 Å². The highest BCUT2D eigenvalue weighted by molar-refractivity contribution is 7.14. The molecule has 0 radical (unpaired) electrons. The first-order valence-corrected chi connectivity index (χ1v) is 13.1. The molecular weight excluding hydrogens is 426 g/mol. The Bertz CT molecular complexity index is 974. The predicted octanol–water partition coefficient (Wildman–Crippen LogP) is 7.15. The summed E-state index contributed by atoms with van der Waals surface area (Å²) in [4.78, 5) is 16.5. The first-order valence-electron chi connectivity index (χ1n) is 12.3. The van der Waals surface area contributed by atoms with E-state index in [0.717, 1.165) is 29.7 Å². The van der Waals surface area contributed by atoms with Crippen molar-refractivity contribution in [2.24, 2.45) is 11.3 Å². The normalized spacial score (nSPS) is 15.3. The lowest BCUT2D eigenvalue weighted by molar-refractivity contribution is -0.0836. The number of thiophene rings is 1. The van der Waals surface area contributed by atoms with E-state index < -0.39 is 5.60 Å². The second-order valence-corrected chi connectivity index (χ2v) is 12.3. The van der Waals surface area contributed by atoms with Crippen LogP contribution in [0.15, 0.2) is 24.3 Å². The van der Waals surface area contributed by atoms with E-state index in [1.54, 1.807) is 16.2 Å². The molecule has 0 aliphatic carbocycles. The molecule has 0 fully saturated rings. The summed E-state index contributed by atoms with van der Waals surface area (Å²) in [5.41, 5.74) is 3.90. The van der Waals surface area contributed by atoms with Crippen molar-refractivity contribution >= 4 is 17.2 Å². The number of carbonyl (C=O) groups is 1. The average molecular weight is 472 g/mol. The molecule has 2 atom stereocenters. The first kappa shape index (κ1) is 27.6. The Morgan fingerprint density at radius 1 is 1.03 bits per heavy atom. The highest BCUT2D eigenvalue weighted by Gasteiger charge is 2.40. The summed E-state index contributed by atoms with van der Waals surface area (Å²) in [6, 6.07) is 9.09. The molecule has 2 rings (SSSR count). The Hall–Kier alpha value is -1.65. The van der Waals surface area contributed by atoms with Gasteiger partial charge in [-0.15, -0.1) is 11.3 Å². The standard InChI is InChI=1S/C29H45NO2S/c1-12-29(13-2,24-17-20(4)25(33-24)26(31)30(10)11)23-15-14-22(19(3)16-23)18-21(5)28(9,32)27(6,7)8/h14-17,21,32H,12-13,18H2,1-11H3. The van der Waals surface area contributed by atoms with Crippen molar-refractivity contribution in [1.29, 1.82) is 0 Å². The van der Waals surface area contributed by atoms with Gasteiger partial charge >= 0.3 is 0 Å². The minimum Gasteiger partial charge on any atom is -0.389 e. The van der Waals surface area contributed by atoms with Crippen LogP contribution in [0.3, 0.4) is 0 Å². The molecule has 1 amide bonds. The number of nitrogens with zero attached hydrogens (tertiary/aromatic N) is 1. The van der Waals surface area contributed by atoms with Crippen molar-refractivity contribution in [3.63, 3.8) is 0 Å². The van der Waals surface area contributed by atoms with Gasteiger partial charge in [-0.2, -0.15) is 0 Å². The molecule has 3 nitrogen and oxygen atoms in total. The van der Waals surface area contributed by atoms with Crippen molar-refractivity contribution in [3.8, 4) is 0 Å². The Balaban J connectivity index is 2.47. The van der Waals surface area contributed by atoms with E-state index in [1.165, 1.54) is 21.6 Å². The minimum absolute atomic E-state index is 0.0799. The quantitative estimate of drug-likeness (QED) is 0.444. The van der Waals surface area contributed by atoms with Crippen molar-refractivity contribution in [2.45, 2.75) is 92.6 Å². The summed E-state index contributed by atoms with van der Waals surface area (Å²) in [5, 5.41) is 11.2. The van der Waals surface area contributed by atoms with Gasteiger partial charge in [0.25, 0.3) is 5.91 Å². The first-order chi connectivity index (χ1) is 15.1. The highest BCUT2D eigenvalue weighted by atomic mass is 32.1. The van der Waals surface area contributed by atoms with E-state index >= 15 is 0 Å². The van der Waals surface area contributed by atoms with Crippen LogP contribution in [0.5, 0.6) is 0 Å². The third-order valence-corrected chi connectivity index (χ3v) is 9.53. The topological polar surface area (TPSA) is 40.5 Å². The lowest BCUT2D eigenvalue weighted by Gasteiger charge is -2.42. The molecule has 0 aliphatic rings. The van der Waals surface area contributed by atoms with E-state index in [0.29, 0.717) is 0 Å². The van der Waals surface area contributed by atoms with Gasteiger partial charge in [0.1, 0.15) is 0 Å². The van der Waals surface area contributed by atoms with Gasteiger partial charge in [0.2, 0.25) is 0 Å². The molecule has 1 aromatic carbocycles. The smallest absolute Gasteiger partial charge is 0.263 e. The lowest BCUT2D eigenvalue weighted by Crippen LogP contribution is -2.46. The Labute approximate surface area is 206 Å². The predicted molar refractivity (Wildman–Crippen MR) is 143 cm³/mol. The van der Waals surface area contributed by atoms with E-state index in [9.17, 15) is 9.90 Å². The summed E-state index contributed by atoms with van der Waals surface area (Å²) < 4.78 is 0. The molecule has 0 bridgehead atoms. The Morgan fingerprint density at radius 2 is 1.61 bits per heavy atom. The molecule has 2 unspecified atom stereocenters. The summed E-state index contributed by atoms with van der Waals surface area (Å²) in [6.45, 7) is 19.2. The van der Waals surface area contributed by atoms with Gasteiger partial charge in [0.15, 0.2) is 0 Å². The van der Waals surface area contributed by atoms with Crippen molar-refractivity contribution in [2.75, 3.05) is 14.1 Å². The molecule has 2 aromatic rings.